The zero-order valence-electron chi connectivity index (χ0n) is 12.2. The molecule has 0 aliphatic rings. The molecule has 20 heavy (non-hydrogen) atoms. The molecule has 0 saturated heterocycles. The minimum absolute atomic E-state index is 0.252. The number of hydrogen-bond donors (Lipinski definition) is 1. The normalized spacial score (nSPS) is 12.2. The van der Waals surface area contributed by atoms with Gasteiger partial charge in [0, 0.05) is 16.5 Å². The van der Waals surface area contributed by atoms with Crippen molar-refractivity contribution in [3.63, 3.8) is 0 Å². The minimum atomic E-state index is 0.252. The first kappa shape index (κ1) is 14.9. The second-order valence-electron chi connectivity index (χ2n) is 4.57. The van der Waals surface area contributed by atoms with Crippen molar-refractivity contribution in [1.29, 1.82) is 0 Å². The lowest BCUT2D eigenvalue weighted by Crippen LogP contribution is -2.18. The van der Waals surface area contributed by atoms with Gasteiger partial charge in [0.1, 0.15) is 11.5 Å². The van der Waals surface area contributed by atoms with Crippen molar-refractivity contribution in [2.24, 2.45) is 0 Å². The van der Waals surface area contributed by atoms with Crippen molar-refractivity contribution in [3.8, 4) is 11.5 Å². The first-order valence-corrected chi connectivity index (χ1v) is 7.58. The second-order valence-corrected chi connectivity index (χ2v) is 5.60. The van der Waals surface area contributed by atoms with E-state index in [1.54, 1.807) is 25.6 Å². The highest BCUT2D eigenvalue weighted by Crippen LogP contribution is 2.31. The summed E-state index contributed by atoms with van der Waals surface area (Å²) in [6.07, 6.45) is 2.09. The van der Waals surface area contributed by atoms with Crippen LogP contribution in [0, 0.1) is 0 Å². The van der Waals surface area contributed by atoms with Gasteiger partial charge < -0.3 is 14.8 Å². The average molecular weight is 291 g/mol. The Morgan fingerprint density at radius 2 is 2.05 bits per heavy atom. The Balaban J connectivity index is 2.16. The molecule has 4 heteroatoms. The van der Waals surface area contributed by atoms with Crippen LogP contribution in [-0.4, -0.2) is 21.3 Å². The number of ether oxygens (including phenoxy) is 2. The van der Waals surface area contributed by atoms with Gasteiger partial charge in [-0.15, -0.1) is 11.3 Å². The van der Waals surface area contributed by atoms with E-state index in [9.17, 15) is 0 Å². The van der Waals surface area contributed by atoms with E-state index >= 15 is 0 Å². The third-order valence-electron chi connectivity index (χ3n) is 3.42. The zero-order valence-corrected chi connectivity index (χ0v) is 13.0. The number of hydrogen-bond acceptors (Lipinski definition) is 4. The summed E-state index contributed by atoms with van der Waals surface area (Å²) in [5.74, 6) is 1.76. The maximum Gasteiger partial charge on any atom is 0.123 e. The van der Waals surface area contributed by atoms with Crippen LogP contribution in [0.15, 0.2) is 35.7 Å². The molecule has 0 amide bonds. The number of thiophene rings is 1. The van der Waals surface area contributed by atoms with Gasteiger partial charge in [0.2, 0.25) is 0 Å². The number of rotatable bonds is 7. The van der Waals surface area contributed by atoms with E-state index in [0.29, 0.717) is 0 Å². The van der Waals surface area contributed by atoms with E-state index in [-0.39, 0.29) is 6.04 Å². The number of nitrogens with one attached hydrogen (secondary N) is 1. The molecule has 1 N–H and O–H groups in total. The maximum absolute atomic E-state index is 5.47. The van der Waals surface area contributed by atoms with Crippen LogP contribution in [0.5, 0.6) is 11.5 Å². The van der Waals surface area contributed by atoms with Gasteiger partial charge in [0.05, 0.1) is 14.2 Å². The fourth-order valence-electron chi connectivity index (χ4n) is 2.31. The van der Waals surface area contributed by atoms with Crippen LogP contribution in [0.25, 0.3) is 0 Å². The Bertz CT molecular complexity index is 525. The molecule has 0 spiro atoms. The monoisotopic (exact) mass is 291 g/mol. The standard InChI is InChI=1S/C16H21NO2S/c1-17-15(8-7-13-5-4-10-20-13)14-11-12(18-2)6-9-16(14)19-3/h4-6,9-11,15,17H,7-8H2,1-3H3. The van der Waals surface area contributed by atoms with Crippen molar-refractivity contribution in [3.05, 3.63) is 46.2 Å². The molecule has 1 aromatic heterocycles. The lowest BCUT2D eigenvalue weighted by Gasteiger charge is -2.20. The highest BCUT2D eigenvalue weighted by molar-refractivity contribution is 7.09. The molecule has 1 heterocycles. The highest BCUT2D eigenvalue weighted by atomic mass is 32.1. The Morgan fingerprint density at radius 3 is 2.65 bits per heavy atom. The van der Waals surface area contributed by atoms with Gasteiger partial charge in [-0.25, -0.2) is 0 Å². The predicted octanol–water partition coefficient (Wildman–Crippen LogP) is 3.66. The molecule has 1 aromatic carbocycles. The summed E-state index contributed by atoms with van der Waals surface area (Å²) in [4.78, 5) is 1.41. The number of benzene rings is 1. The number of aryl methyl sites for hydroxylation is 1. The van der Waals surface area contributed by atoms with E-state index in [0.717, 1.165) is 29.9 Å². The lowest BCUT2D eigenvalue weighted by atomic mass is 10.00. The molecule has 0 fully saturated rings. The minimum Gasteiger partial charge on any atom is -0.497 e. The molecule has 1 unspecified atom stereocenters. The smallest absolute Gasteiger partial charge is 0.123 e. The van der Waals surface area contributed by atoms with Crippen LogP contribution < -0.4 is 14.8 Å². The SMILES string of the molecule is CNC(CCc1cccs1)c1cc(OC)ccc1OC. The quantitative estimate of drug-likeness (QED) is 0.844. The molecule has 108 valence electrons. The van der Waals surface area contributed by atoms with E-state index in [4.69, 9.17) is 9.47 Å². The van der Waals surface area contributed by atoms with E-state index < -0.39 is 0 Å². The van der Waals surface area contributed by atoms with Crippen LogP contribution in [0.4, 0.5) is 0 Å². The molecule has 0 radical (unpaired) electrons. The molecular formula is C16H21NO2S. The Hall–Kier alpha value is -1.52. The summed E-state index contributed by atoms with van der Waals surface area (Å²) in [5.41, 5.74) is 1.14. The van der Waals surface area contributed by atoms with Gasteiger partial charge in [-0.05, 0) is 49.5 Å². The van der Waals surface area contributed by atoms with Gasteiger partial charge in [-0.2, -0.15) is 0 Å². The van der Waals surface area contributed by atoms with Gasteiger partial charge >= 0.3 is 0 Å². The van der Waals surface area contributed by atoms with Gasteiger partial charge in [-0.3, -0.25) is 0 Å². The zero-order chi connectivity index (χ0) is 14.4. The summed E-state index contributed by atoms with van der Waals surface area (Å²) in [6, 6.07) is 10.5. The van der Waals surface area contributed by atoms with Crippen molar-refractivity contribution < 1.29 is 9.47 Å². The van der Waals surface area contributed by atoms with Gasteiger partial charge in [0.15, 0.2) is 0 Å². The summed E-state index contributed by atoms with van der Waals surface area (Å²) >= 11 is 1.80. The van der Waals surface area contributed by atoms with Crippen LogP contribution in [0.3, 0.4) is 0 Å². The summed E-state index contributed by atoms with van der Waals surface area (Å²) in [6.45, 7) is 0. The lowest BCUT2D eigenvalue weighted by molar-refractivity contribution is 0.389. The Labute approximate surface area is 124 Å². The largest absolute Gasteiger partial charge is 0.497 e. The van der Waals surface area contributed by atoms with E-state index in [2.05, 4.69) is 28.9 Å². The van der Waals surface area contributed by atoms with Gasteiger partial charge in [0.25, 0.3) is 0 Å². The predicted molar refractivity (Wildman–Crippen MR) is 84.0 cm³/mol. The highest BCUT2D eigenvalue weighted by Gasteiger charge is 2.15. The second kappa shape index (κ2) is 7.31. The third kappa shape index (κ3) is 3.52. The Morgan fingerprint density at radius 1 is 1.20 bits per heavy atom. The topological polar surface area (TPSA) is 30.5 Å². The summed E-state index contributed by atoms with van der Waals surface area (Å²) < 4.78 is 10.8. The van der Waals surface area contributed by atoms with Crippen LogP contribution in [0.1, 0.15) is 22.9 Å². The van der Waals surface area contributed by atoms with Crippen molar-refractivity contribution >= 4 is 11.3 Å². The van der Waals surface area contributed by atoms with E-state index in [1.807, 2.05) is 19.2 Å². The fraction of sp³-hybridized carbons (Fsp3) is 0.375. The summed E-state index contributed by atoms with van der Waals surface area (Å²) in [7, 11) is 5.38. The molecule has 3 nitrogen and oxygen atoms in total. The van der Waals surface area contributed by atoms with Crippen molar-refractivity contribution in [2.75, 3.05) is 21.3 Å². The van der Waals surface area contributed by atoms with Crippen LogP contribution in [-0.2, 0) is 6.42 Å². The maximum atomic E-state index is 5.47. The molecule has 0 aliphatic carbocycles. The summed E-state index contributed by atoms with van der Waals surface area (Å²) in [5, 5.41) is 5.50. The van der Waals surface area contributed by atoms with Gasteiger partial charge in [-0.1, -0.05) is 6.07 Å². The van der Waals surface area contributed by atoms with E-state index in [1.165, 1.54) is 4.88 Å². The molecule has 0 bridgehead atoms. The molecule has 2 aromatic rings. The molecule has 0 aliphatic heterocycles. The Kier molecular flexibility index (Phi) is 5.44. The van der Waals surface area contributed by atoms with Crippen molar-refractivity contribution in [2.45, 2.75) is 18.9 Å². The van der Waals surface area contributed by atoms with Crippen molar-refractivity contribution in [1.82, 2.24) is 5.32 Å². The molecule has 1 atom stereocenters. The first-order chi connectivity index (χ1) is 9.78. The van der Waals surface area contributed by atoms with Crippen LogP contribution in [0.2, 0.25) is 0 Å². The third-order valence-corrected chi connectivity index (χ3v) is 4.36. The number of methoxy groups -OCH3 is 2. The molecule has 2 rings (SSSR count). The average Bonchev–Trinajstić information content (AvgIpc) is 3.01. The first-order valence-electron chi connectivity index (χ1n) is 6.70. The molecular weight excluding hydrogens is 270 g/mol. The van der Waals surface area contributed by atoms with Crippen LogP contribution >= 0.6 is 11.3 Å². The molecule has 0 saturated carbocycles. The fourth-order valence-corrected chi connectivity index (χ4v) is 3.03.